The van der Waals surface area contributed by atoms with E-state index >= 15 is 0 Å². The fourth-order valence-electron chi connectivity index (χ4n) is 1.81. The molecule has 0 bridgehead atoms. The Morgan fingerprint density at radius 2 is 1.27 bits per heavy atom. The van der Waals surface area contributed by atoms with Crippen molar-refractivity contribution < 1.29 is 7.53 Å². The molecule has 92 valence electrons. The predicted molar refractivity (Wildman–Crippen MR) is 68.4 cm³/mol. The van der Waals surface area contributed by atoms with Crippen molar-refractivity contribution in [3.8, 4) is 0 Å². The molecule has 0 fully saturated rings. The average molecular weight is 277 g/mol. The van der Waals surface area contributed by atoms with Crippen LogP contribution in [0.5, 0.6) is 0 Å². The molecule has 0 aliphatic rings. The van der Waals surface area contributed by atoms with E-state index in [1.54, 1.807) is 0 Å². The second-order valence-corrected chi connectivity index (χ2v) is 15.5. The van der Waals surface area contributed by atoms with E-state index < -0.39 is 13.9 Å². The Morgan fingerprint density at radius 1 is 0.867 bits per heavy atom. The SMILES string of the molecule is C[O][Ge]([CH2]CC(C)(C)C)([O]C)[C](C)(C)C. The van der Waals surface area contributed by atoms with Gasteiger partial charge in [-0.25, -0.2) is 0 Å². The molecule has 0 unspecified atom stereocenters. The summed E-state index contributed by atoms with van der Waals surface area (Å²) in [5.74, 6) is 0. The van der Waals surface area contributed by atoms with Crippen molar-refractivity contribution in [2.45, 2.75) is 57.5 Å². The van der Waals surface area contributed by atoms with Crippen molar-refractivity contribution in [1.29, 1.82) is 0 Å². The van der Waals surface area contributed by atoms with Crippen LogP contribution in [-0.2, 0) is 7.53 Å². The zero-order valence-corrected chi connectivity index (χ0v) is 13.8. The Morgan fingerprint density at radius 3 is 1.47 bits per heavy atom. The quantitative estimate of drug-likeness (QED) is 0.724. The minimum atomic E-state index is -2.61. The molecule has 0 aromatic rings. The minimum absolute atomic E-state index is 0.175. The predicted octanol–water partition coefficient (Wildman–Crippen LogP) is 3.96. The van der Waals surface area contributed by atoms with Gasteiger partial charge in [-0.1, -0.05) is 0 Å². The first-order valence-electron chi connectivity index (χ1n) is 5.68. The van der Waals surface area contributed by atoms with E-state index in [0.29, 0.717) is 5.41 Å². The Balaban J connectivity index is 4.67. The molecule has 0 radical (unpaired) electrons. The summed E-state index contributed by atoms with van der Waals surface area (Å²) in [6, 6.07) is 0. The van der Waals surface area contributed by atoms with Gasteiger partial charge in [-0.2, -0.15) is 0 Å². The standard InChI is InChI=1S/C12H28GeO2/c1-11(2,3)9-10-13(14-7,15-8)12(4,5)6/h9-10H2,1-8H3. The fourth-order valence-corrected chi connectivity index (χ4v) is 9.43. The van der Waals surface area contributed by atoms with Gasteiger partial charge in [0.15, 0.2) is 0 Å². The summed E-state index contributed by atoms with van der Waals surface area (Å²) in [5.41, 5.74) is 0.360. The Bertz CT molecular complexity index is 185. The molecule has 0 aromatic carbocycles. The van der Waals surface area contributed by atoms with Crippen LogP contribution in [-0.4, -0.2) is 28.2 Å². The van der Waals surface area contributed by atoms with E-state index in [-0.39, 0.29) is 4.25 Å². The Labute approximate surface area is 98.8 Å². The molecule has 0 atom stereocenters. The van der Waals surface area contributed by atoms with Crippen LogP contribution in [0.1, 0.15) is 48.0 Å². The maximum atomic E-state index is 5.81. The van der Waals surface area contributed by atoms with Crippen LogP contribution in [0.3, 0.4) is 0 Å². The molecule has 0 saturated carbocycles. The van der Waals surface area contributed by atoms with Gasteiger partial charge >= 0.3 is 98.6 Å². The Hall–Kier alpha value is 0.463. The van der Waals surface area contributed by atoms with Gasteiger partial charge in [0.2, 0.25) is 0 Å². The van der Waals surface area contributed by atoms with E-state index in [1.165, 1.54) is 6.42 Å². The number of hydrogen-bond acceptors (Lipinski definition) is 2. The molecule has 15 heavy (non-hydrogen) atoms. The average Bonchev–Trinajstić information content (AvgIpc) is 2.02. The van der Waals surface area contributed by atoms with Crippen LogP contribution in [0.15, 0.2) is 0 Å². The molecule has 0 saturated heterocycles. The molecular formula is C12H28GeO2. The fraction of sp³-hybridized carbons (Fsp3) is 1.00. The third-order valence-corrected chi connectivity index (χ3v) is 12.5. The molecule has 3 heteroatoms. The van der Waals surface area contributed by atoms with Crippen LogP contribution >= 0.6 is 0 Å². The van der Waals surface area contributed by atoms with E-state index in [9.17, 15) is 0 Å². The van der Waals surface area contributed by atoms with Crippen LogP contribution in [0.4, 0.5) is 0 Å². The third kappa shape index (κ3) is 4.45. The number of hydrogen-bond donors (Lipinski definition) is 0. The van der Waals surface area contributed by atoms with E-state index in [0.717, 1.165) is 5.25 Å². The summed E-state index contributed by atoms with van der Waals surface area (Å²) in [6.07, 6.45) is 1.17. The molecule has 0 rings (SSSR count). The maximum absolute atomic E-state index is 5.81. The van der Waals surface area contributed by atoms with Gasteiger partial charge in [-0.05, 0) is 0 Å². The molecule has 0 amide bonds. The summed E-state index contributed by atoms with van der Waals surface area (Å²) >= 11 is -2.61. The topological polar surface area (TPSA) is 18.5 Å². The zero-order valence-electron chi connectivity index (χ0n) is 11.7. The van der Waals surface area contributed by atoms with Gasteiger partial charge in [-0.3, -0.25) is 0 Å². The van der Waals surface area contributed by atoms with Gasteiger partial charge < -0.3 is 0 Å². The van der Waals surface area contributed by atoms with E-state index in [4.69, 9.17) is 7.53 Å². The van der Waals surface area contributed by atoms with Crippen molar-refractivity contribution in [2.24, 2.45) is 5.41 Å². The summed E-state index contributed by atoms with van der Waals surface area (Å²) in [7, 11) is 3.63. The number of rotatable bonds is 4. The van der Waals surface area contributed by atoms with Crippen LogP contribution in [0.25, 0.3) is 0 Å². The van der Waals surface area contributed by atoms with Gasteiger partial charge in [-0.15, -0.1) is 0 Å². The molecule has 0 spiro atoms. The molecule has 0 aliphatic heterocycles. The van der Waals surface area contributed by atoms with Crippen molar-refractivity contribution in [3.63, 3.8) is 0 Å². The first kappa shape index (κ1) is 15.5. The van der Waals surface area contributed by atoms with Crippen LogP contribution in [0.2, 0.25) is 9.50 Å². The summed E-state index contributed by atoms with van der Waals surface area (Å²) in [4.78, 5) is 0. The summed E-state index contributed by atoms with van der Waals surface area (Å²) in [5, 5.41) is 1.11. The summed E-state index contributed by atoms with van der Waals surface area (Å²) < 4.78 is 11.8. The normalized spacial score (nSPS) is 14.4. The van der Waals surface area contributed by atoms with Crippen molar-refractivity contribution in [3.05, 3.63) is 0 Å². The molecule has 0 heterocycles. The molecule has 2 nitrogen and oxygen atoms in total. The van der Waals surface area contributed by atoms with Gasteiger partial charge in [0.05, 0.1) is 0 Å². The van der Waals surface area contributed by atoms with Crippen LogP contribution < -0.4 is 0 Å². The van der Waals surface area contributed by atoms with Crippen molar-refractivity contribution in [1.82, 2.24) is 0 Å². The van der Waals surface area contributed by atoms with E-state index in [2.05, 4.69) is 41.5 Å². The van der Waals surface area contributed by atoms with Crippen molar-refractivity contribution >= 4 is 13.9 Å². The van der Waals surface area contributed by atoms with Gasteiger partial charge in [0, 0.05) is 0 Å². The first-order chi connectivity index (χ1) is 6.58. The summed E-state index contributed by atoms with van der Waals surface area (Å²) in [6.45, 7) is 13.5. The first-order valence-corrected chi connectivity index (χ1v) is 9.93. The monoisotopic (exact) mass is 278 g/mol. The third-order valence-electron chi connectivity index (χ3n) is 3.01. The second-order valence-electron chi connectivity index (χ2n) is 6.47. The van der Waals surface area contributed by atoms with E-state index in [1.807, 2.05) is 14.2 Å². The molecule has 0 N–H and O–H groups in total. The van der Waals surface area contributed by atoms with Gasteiger partial charge in [0.25, 0.3) is 0 Å². The van der Waals surface area contributed by atoms with Crippen molar-refractivity contribution in [2.75, 3.05) is 14.2 Å². The molecule has 0 aliphatic carbocycles. The zero-order chi connectivity index (χ0) is 12.3. The van der Waals surface area contributed by atoms with Gasteiger partial charge in [0.1, 0.15) is 0 Å². The van der Waals surface area contributed by atoms with Crippen LogP contribution in [0, 0.1) is 5.41 Å². The second kappa shape index (κ2) is 5.20. The Kier molecular flexibility index (Phi) is 5.36. The molecular weight excluding hydrogens is 249 g/mol. The molecule has 0 aromatic heterocycles.